The Bertz CT molecular complexity index is 444. The van der Waals surface area contributed by atoms with Gasteiger partial charge < -0.3 is 5.73 Å². The van der Waals surface area contributed by atoms with Crippen LogP contribution >= 0.6 is 11.3 Å². The first-order chi connectivity index (χ1) is 7.97. The van der Waals surface area contributed by atoms with Gasteiger partial charge in [0, 0.05) is 25.0 Å². The van der Waals surface area contributed by atoms with Crippen molar-refractivity contribution >= 4 is 21.5 Å². The maximum absolute atomic E-state index is 11.8. The molecule has 0 aliphatic carbocycles. The number of nitrogens with zero attached hydrogens (tertiary/aromatic N) is 2. The van der Waals surface area contributed by atoms with Gasteiger partial charge in [-0.25, -0.2) is 4.98 Å². The highest BCUT2D eigenvalue weighted by Crippen LogP contribution is 2.12. The Morgan fingerprint density at radius 1 is 1.59 bits per heavy atom. The molecule has 0 aliphatic rings. The van der Waals surface area contributed by atoms with Gasteiger partial charge in [-0.3, -0.25) is 0 Å². The van der Waals surface area contributed by atoms with Crippen molar-refractivity contribution in [2.75, 3.05) is 20.1 Å². The van der Waals surface area contributed by atoms with E-state index in [1.807, 2.05) is 6.92 Å². The summed E-state index contributed by atoms with van der Waals surface area (Å²) in [5.74, 6) is 0. The van der Waals surface area contributed by atoms with E-state index in [1.165, 1.54) is 22.7 Å². The predicted octanol–water partition coefficient (Wildman–Crippen LogP) is 0.0665. The molecule has 3 N–H and O–H groups in total. The van der Waals surface area contributed by atoms with Gasteiger partial charge in [-0.2, -0.15) is 17.4 Å². The molecule has 0 aromatic carbocycles. The van der Waals surface area contributed by atoms with Crippen LogP contribution < -0.4 is 10.5 Å². The van der Waals surface area contributed by atoms with Gasteiger partial charge >= 0.3 is 0 Å². The Morgan fingerprint density at radius 2 is 2.29 bits per heavy atom. The molecule has 0 bridgehead atoms. The van der Waals surface area contributed by atoms with Crippen LogP contribution in [0, 0.1) is 6.92 Å². The SMILES string of the molecule is Cc1ncsc1CNS(=O)(=O)N(C)CCCN. The first-order valence-corrected chi connectivity index (χ1v) is 7.59. The molecular formula is C9H18N4O2S2. The van der Waals surface area contributed by atoms with Gasteiger partial charge in [-0.05, 0) is 19.9 Å². The molecule has 98 valence electrons. The summed E-state index contributed by atoms with van der Waals surface area (Å²) in [6.45, 7) is 3.05. The average molecular weight is 278 g/mol. The summed E-state index contributed by atoms with van der Waals surface area (Å²) in [7, 11) is -1.88. The van der Waals surface area contributed by atoms with E-state index in [1.54, 1.807) is 5.51 Å². The highest BCUT2D eigenvalue weighted by atomic mass is 32.2. The number of aryl methyl sites for hydroxylation is 1. The lowest BCUT2D eigenvalue weighted by Crippen LogP contribution is -2.38. The Balaban J connectivity index is 2.52. The van der Waals surface area contributed by atoms with Crippen LogP contribution in [0.1, 0.15) is 17.0 Å². The monoisotopic (exact) mass is 278 g/mol. The first-order valence-electron chi connectivity index (χ1n) is 5.27. The summed E-state index contributed by atoms with van der Waals surface area (Å²) in [6.07, 6.45) is 0.650. The van der Waals surface area contributed by atoms with Crippen LogP contribution in [0.2, 0.25) is 0 Å². The van der Waals surface area contributed by atoms with Crippen LogP contribution in [-0.2, 0) is 16.8 Å². The summed E-state index contributed by atoms with van der Waals surface area (Å²) >= 11 is 1.44. The molecule has 8 heteroatoms. The first kappa shape index (κ1) is 14.5. The minimum absolute atomic E-state index is 0.284. The number of nitrogens with one attached hydrogen (secondary N) is 1. The molecule has 0 amide bonds. The molecule has 0 saturated carbocycles. The molecule has 1 aromatic heterocycles. The number of hydrogen-bond acceptors (Lipinski definition) is 5. The van der Waals surface area contributed by atoms with Crippen molar-refractivity contribution in [3.8, 4) is 0 Å². The van der Waals surface area contributed by atoms with Crippen molar-refractivity contribution in [1.29, 1.82) is 0 Å². The van der Waals surface area contributed by atoms with Crippen molar-refractivity contribution in [1.82, 2.24) is 14.0 Å². The molecular weight excluding hydrogens is 260 g/mol. The van der Waals surface area contributed by atoms with E-state index in [0.717, 1.165) is 10.6 Å². The lowest BCUT2D eigenvalue weighted by atomic mass is 10.4. The second-order valence-electron chi connectivity index (χ2n) is 3.65. The minimum Gasteiger partial charge on any atom is -0.330 e. The minimum atomic E-state index is -3.42. The fourth-order valence-corrected chi connectivity index (χ4v) is 2.92. The number of rotatable bonds is 7. The molecule has 0 aliphatic heterocycles. The molecule has 1 rings (SSSR count). The Kier molecular flexibility index (Phi) is 5.47. The van der Waals surface area contributed by atoms with Crippen LogP contribution in [0.3, 0.4) is 0 Å². The van der Waals surface area contributed by atoms with Gasteiger partial charge in [0.2, 0.25) is 0 Å². The summed E-state index contributed by atoms with van der Waals surface area (Å²) in [6, 6.07) is 0. The summed E-state index contributed by atoms with van der Waals surface area (Å²) in [4.78, 5) is 5.00. The molecule has 0 unspecified atom stereocenters. The van der Waals surface area contributed by atoms with Gasteiger partial charge in [0.05, 0.1) is 11.2 Å². The smallest absolute Gasteiger partial charge is 0.279 e. The largest absolute Gasteiger partial charge is 0.330 e. The summed E-state index contributed by atoms with van der Waals surface area (Å²) in [5.41, 5.74) is 7.91. The molecule has 1 heterocycles. The maximum Gasteiger partial charge on any atom is 0.279 e. The highest BCUT2D eigenvalue weighted by molar-refractivity contribution is 7.87. The summed E-state index contributed by atoms with van der Waals surface area (Å²) in [5, 5.41) is 0. The second kappa shape index (κ2) is 6.41. The average Bonchev–Trinajstić information content (AvgIpc) is 2.69. The van der Waals surface area contributed by atoms with Gasteiger partial charge in [0.15, 0.2) is 0 Å². The van der Waals surface area contributed by atoms with Crippen molar-refractivity contribution in [3.05, 3.63) is 16.1 Å². The van der Waals surface area contributed by atoms with E-state index in [4.69, 9.17) is 5.73 Å². The maximum atomic E-state index is 11.8. The Labute approximate surface area is 106 Å². The molecule has 0 atom stereocenters. The molecule has 0 fully saturated rings. The molecule has 17 heavy (non-hydrogen) atoms. The number of hydrogen-bond donors (Lipinski definition) is 2. The number of aromatic nitrogens is 1. The normalized spacial score (nSPS) is 12.2. The topological polar surface area (TPSA) is 88.3 Å². The second-order valence-corrected chi connectivity index (χ2v) is 6.45. The third-order valence-corrected chi connectivity index (χ3v) is 4.79. The lowest BCUT2D eigenvalue weighted by molar-refractivity contribution is 0.453. The van der Waals surface area contributed by atoms with Crippen LogP contribution in [0.25, 0.3) is 0 Å². The quantitative estimate of drug-likeness (QED) is 0.738. The summed E-state index contributed by atoms with van der Waals surface area (Å²) < 4.78 is 27.4. The molecule has 0 spiro atoms. The van der Waals surface area contributed by atoms with Gasteiger partial charge in [0.1, 0.15) is 0 Å². The predicted molar refractivity (Wildman–Crippen MR) is 68.9 cm³/mol. The van der Waals surface area contributed by atoms with Crippen LogP contribution in [0.5, 0.6) is 0 Å². The van der Waals surface area contributed by atoms with Gasteiger partial charge in [0.25, 0.3) is 10.2 Å². The zero-order valence-corrected chi connectivity index (χ0v) is 11.6. The molecule has 0 radical (unpaired) electrons. The van der Waals surface area contributed by atoms with E-state index in [9.17, 15) is 8.42 Å². The zero-order valence-electron chi connectivity index (χ0n) is 10.0. The fourth-order valence-electron chi connectivity index (χ4n) is 1.20. The van der Waals surface area contributed by atoms with E-state index in [2.05, 4.69) is 9.71 Å². The Morgan fingerprint density at radius 3 is 2.82 bits per heavy atom. The van der Waals surface area contributed by atoms with Crippen LogP contribution in [0.15, 0.2) is 5.51 Å². The number of thiazole rings is 1. The molecule has 1 aromatic rings. The fraction of sp³-hybridized carbons (Fsp3) is 0.667. The van der Waals surface area contributed by atoms with Crippen molar-refractivity contribution in [3.63, 3.8) is 0 Å². The van der Waals surface area contributed by atoms with Crippen molar-refractivity contribution in [2.45, 2.75) is 19.9 Å². The molecule has 6 nitrogen and oxygen atoms in total. The van der Waals surface area contributed by atoms with E-state index in [-0.39, 0.29) is 6.54 Å². The highest BCUT2D eigenvalue weighted by Gasteiger charge is 2.17. The third kappa shape index (κ3) is 4.32. The zero-order chi connectivity index (χ0) is 12.9. The van der Waals surface area contributed by atoms with Crippen LogP contribution in [0.4, 0.5) is 0 Å². The Hall–Kier alpha value is -0.540. The van der Waals surface area contributed by atoms with Crippen molar-refractivity contribution < 1.29 is 8.42 Å². The van der Waals surface area contributed by atoms with Crippen molar-refractivity contribution in [2.24, 2.45) is 5.73 Å². The third-order valence-electron chi connectivity index (χ3n) is 2.35. The molecule has 0 saturated heterocycles. The van der Waals surface area contributed by atoms with E-state index < -0.39 is 10.2 Å². The standard InChI is InChI=1S/C9H18N4O2S2/c1-8-9(16-7-11-8)6-12-17(14,15)13(2)5-3-4-10/h7,12H,3-6,10H2,1-2H3. The van der Waals surface area contributed by atoms with Gasteiger partial charge in [-0.1, -0.05) is 0 Å². The lowest BCUT2D eigenvalue weighted by Gasteiger charge is -2.16. The van der Waals surface area contributed by atoms with E-state index >= 15 is 0 Å². The van der Waals surface area contributed by atoms with Gasteiger partial charge in [-0.15, -0.1) is 11.3 Å². The number of nitrogens with two attached hydrogens (primary N) is 1. The van der Waals surface area contributed by atoms with E-state index in [0.29, 0.717) is 19.5 Å². The van der Waals surface area contributed by atoms with Crippen LogP contribution in [-0.4, -0.2) is 37.8 Å².